The van der Waals surface area contributed by atoms with Gasteiger partial charge in [0, 0.05) is 19.2 Å². The SMILES string of the molecule is Cc1cccc([N+](=O)[O-])c1C(=O)N1CCC2(CCNCC2)CC1. The van der Waals surface area contributed by atoms with Crippen LogP contribution in [0.25, 0.3) is 0 Å². The lowest BCUT2D eigenvalue weighted by molar-refractivity contribution is -0.385. The zero-order valence-corrected chi connectivity index (χ0v) is 13.5. The second-order valence-corrected chi connectivity index (χ2v) is 6.77. The number of piperidine rings is 2. The Bertz CT molecular complexity index is 614. The molecule has 3 rings (SSSR count). The second-order valence-electron chi connectivity index (χ2n) is 6.77. The highest BCUT2D eigenvalue weighted by molar-refractivity contribution is 5.99. The lowest BCUT2D eigenvalue weighted by atomic mass is 9.71. The fraction of sp³-hybridized carbons (Fsp3) is 0.588. The summed E-state index contributed by atoms with van der Waals surface area (Å²) in [6.07, 6.45) is 4.33. The highest BCUT2D eigenvalue weighted by Gasteiger charge is 2.38. The summed E-state index contributed by atoms with van der Waals surface area (Å²) in [5.41, 5.74) is 1.20. The summed E-state index contributed by atoms with van der Waals surface area (Å²) >= 11 is 0. The van der Waals surface area contributed by atoms with Crippen molar-refractivity contribution >= 4 is 11.6 Å². The van der Waals surface area contributed by atoms with Gasteiger partial charge in [0.15, 0.2) is 0 Å². The van der Waals surface area contributed by atoms with E-state index < -0.39 is 4.92 Å². The Kier molecular flexibility index (Phi) is 4.35. The molecule has 1 aromatic carbocycles. The molecule has 0 saturated carbocycles. The second kappa shape index (κ2) is 6.28. The minimum Gasteiger partial charge on any atom is -0.338 e. The molecule has 124 valence electrons. The van der Waals surface area contributed by atoms with Crippen LogP contribution in [-0.2, 0) is 0 Å². The number of rotatable bonds is 2. The Hall–Kier alpha value is -1.95. The van der Waals surface area contributed by atoms with Crippen LogP contribution >= 0.6 is 0 Å². The molecule has 0 aliphatic carbocycles. The molecule has 2 fully saturated rings. The van der Waals surface area contributed by atoms with Gasteiger partial charge in [0.2, 0.25) is 0 Å². The Morgan fingerprint density at radius 1 is 1.22 bits per heavy atom. The van der Waals surface area contributed by atoms with Crippen LogP contribution in [0.5, 0.6) is 0 Å². The van der Waals surface area contributed by atoms with Crippen LogP contribution in [0.3, 0.4) is 0 Å². The van der Waals surface area contributed by atoms with Gasteiger partial charge in [0.25, 0.3) is 11.6 Å². The van der Waals surface area contributed by atoms with E-state index in [0.29, 0.717) is 24.1 Å². The maximum atomic E-state index is 12.8. The van der Waals surface area contributed by atoms with E-state index in [9.17, 15) is 14.9 Å². The predicted octanol–water partition coefficient (Wildman–Crippen LogP) is 2.51. The van der Waals surface area contributed by atoms with Crippen molar-refractivity contribution in [1.29, 1.82) is 0 Å². The van der Waals surface area contributed by atoms with Crippen molar-refractivity contribution in [2.45, 2.75) is 32.6 Å². The largest absolute Gasteiger partial charge is 0.338 e. The van der Waals surface area contributed by atoms with E-state index in [-0.39, 0.29) is 17.2 Å². The number of hydrogen-bond donors (Lipinski definition) is 1. The first-order valence-corrected chi connectivity index (χ1v) is 8.26. The van der Waals surface area contributed by atoms with Crippen molar-refractivity contribution < 1.29 is 9.72 Å². The summed E-state index contributed by atoms with van der Waals surface area (Å²) in [7, 11) is 0. The van der Waals surface area contributed by atoms with Gasteiger partial charge in [-0.2, -0.15) is 0 Å². The molecule has 0 atom stereocenters. The molecule has 0 unspecified atom stereocenters. The van der Waals surface area contributed by atoms with Gasteiger partial charge in [0.05, 0.1) is 4.92 Å². The highest BCUT2D eigenvalue weighted by Crippen LogP contribution is 2.40. The van der Waals surface area contributed by atoms with Gasteiger partial charge in [-0.1, -0.05) is 12.1 Å². The van der Waals surface area contributed by atoms with Crippen LogP contribution < -0.4 is 5.32 Å². The van der Waals surface area contributed by atoms with Crippen LogP contribution in [0, 0.1) is 22.5 Å². The topological polar surface area (TPSA) is 75.5 Å². The summed E-state index contributed by atoms with van der Waals surface area (Å²) in [4.78, 5) is 25.4. The standard InChI is InChI=1S/C17H23N3O3/c1-13-3-2-4-14(20(22)23)15(13)16(21)19-11-7-17(8-12-19)5-9-18-10-6-17/h2-4,18H,5-12H2,1H3. The Balaban J connectivity index is 1.76. The number of amides is 1. The van der Waals surface area contributed by atoms with Gasteiger partial charge in [-0.25, -0.2) is 0 Å². The molecule has 2 saturated heterocycles. The number of aryl methyl sites for hydroxylation is 1. The molecule has 2 heterocycles. The van der Waals surface area contributed by atoms with E-state index in [1.807, 2.05) is 0 Å². The molecule has 1 amide bonds. The average molecular weight is 317 g/mol. The predicted molar refractivity (Wildman–Crippen MR) is 87.5 cm³/mol. The summed E-state index contributed by atoms with van der Waals surface area (Å²) in [5.74, 6) is -0.196. The number of carbonyl (C=O) groups excluding carboxylic acids is 1. The number of nitrogens with zero attached hydrogens (tertiary/aromatic N) is 2. The maximum Gasteiger partial charge on any atom is 0.282 e. The Labute approximate surface area is 136 Å². The van der Waals surface area contributed by atoms with E-state index in [4.69, 9.17) is 0 Å². The van der Waals surface area contributed by atoms with Crippen molar-refractivity contribution in [2.75, 3.05) is 26.2 Å². The third kappa shape index (κ3) is 3.08. The van der Waals surface area contributed by atoms with E-state index in [0.717, 1.165) is 25.9 Å². The monoisotopic (exact) mass is 317 g/mol. The van der Waals surface area contributed by atoms with Crippen molar-refractivity contribution in [3.8, 4) is 0 Å². The lowest BCUT2D eigenvalue weighted by Crippen LogP contribution is -2.47. The van der Waals surface area contributed by atoms with Crippen LogP contribution in [0.1, 0.15) is 41.6 Å². The zero-order valence-electron chi connectivity index (χ0n) is 13.5. The number of nitrogens with one attached hydrogen (secondary N) is 1. The van der Waals surface area contributed by atoms with Gasteiger partial charge in [0.1, 0.15) is 5.56 Å². The van der Waals surface area contributed by atoms with Crippen LogP contribution in [-0.4, -0.2) is 41.9 Å². The first-order valence-electron chi connectivity index (χ1n) is 8.26. The molecular weight excluding hydrogens is 294 g/mol. The molecule has 6 nitrogen and oxygen atoms in total. The normalized spacial score (nSPS) is 20.5. The zero-order chi connectivity index (χ0) is 16.4. The molecular formula is C17H23N3O3. The van der Waals surface area contributed by atoms with Gasteiger partial charge in [-0.05, 0) is 56.7 Å². The quantitative estimate of drug-likeness (QED) is 0.672. The molecule has 23 heavy (non-hydrogen) atoms. The van der Waals surface area contributed by atoms with Crippen molar-refractivity contribution in [2.24, 2.45) is 5.41 Å². The molecule has 0 bridgehead atoms. The molecule has 2 aliphatic rings. The van der Waals surface area contributed by atoms with Gasteiger partial charge in [-0.3, -0.25) is 14.9 Å². The van der Waals surface area contributed by atoms with Crippen LogP contribution in [0.15, 0.2) is 18.2 Å². The third-order valence-corrected chi connectivity index (χ3v) is 5.44. The molecule has 1 aromatic rings. The van der Waals surface area contributed by atoms with Crippen molar-refractivity contribution in [3.63, 3.8) is 0 Å². The van der Waals surface area contributed by atoms with E-state index in [2.05, 4.69) is 5.32 Å². The highest BCUT2D eigenvalue weighted by atomic mass is 16.6. The Morgan fingerprint density at radius 2 is 1.87 bits per heavy atom. The van der Waals surface area contributed by atoms with Crippen molar-refractivity contribution in [3.05, 3.63) is 39.4 Å². The third-order valence-electron chi connectivity index (χ3n) is 5.44. The van der Waals surface area contributed by atoms with Gasteiger partial charge >= 0.3 is 0 Å². The number of nitro groups is 1. The summed E-state index contributed by atoms with van der Waals surface area (Å²) in [5, 5.41) is 14.6. The molecule has 0 aromatic heterocycles. The van der Waals surface area contributed by atoms with E-state index >= 15 is 0 Å². The van der Waals surface area contributed by atoms with Crippen LogP contribution in [0.4, 0.5) is 5.69 Å². The van der Waals surface area contributed by atoms with Crippen LogP contribution in [0.2, 0.25) is 0 Å². The summed E-state index contributed by atoms with van der Waals surface area (Å²) < 4.78 is 0. The summed E-state index contributed by atoms with van der Waals surface area (Å²) in [6, 6.07) is 4.81. The lowest BCUT2D eigenvalue weighted by Gasteiger charge is -2.44. The average Bonchev–Trinajstić information content (AvgIpc) is 2.55. The fourth-order valence-corrected chi connectivity index (χ4v) is 3.88. The number of benzene rings is 1. The van der Waals surface area contributed by atoms with Gasteiger partial charge < -0.3 is 10.2 Å². The minimum absolute atomic E-state index is 0.0860. The molecule has 2 aliphatic heterocycles. The number of nitro benzene ring substituents is 1. The maximum absolute atomic E-state index is 12.8. The molecule has 0 radical (unpaired) electrons. The number of hydrogen-bond acceptors (Lipinski definition) is 4. The smallest absolute Gasteiger partial charge is 0.282 e. The van der Waals surface area contributed by atoms with Gasteiger partial charge in [-0.15, -0.1) is 0 Å². The number of likely N-dealkylation sites (tertiary alicyclic amines) is 1. The number of carbonyl (C=O) groups is 1. The molecule has 1 N–H and O–H groups in total. The molecule has 6 heteroatoms. The first-order chi connectivity index (χ1) is 11.0. The van der Waals surface area contributed by atoms with Crippen molar-refractivity contribution in [1.82, 2.24) is 10.2 Å². The molecule has 1 spiro atoms. The van der Waals surface area contributed by atoms with E-state index in [1.165, 1.54) is 18.9 Å². The summed E-state index contributed by atoms with van der Waals surface area (Å²) in [6.45, 7) is 5.27. The fourth-order valence-electron chi connectivity index (χ4n) is 3.88. The first kappa shape index (κ1) is 15.9. The van der Waals surface area contributed by atoms with E-state index in [1.54, 1.807) is 24.0 Å². The Morgan fingerprint density at radius 3 is 2.48 bits per heavy atom. The minimum atomic E-state index is -0.460.